The Hall–Kier alpha value is -2.96. The van der Waals surface area contributed by atoms with Crippen LogP contribution < -0.4 is 17.2 Å². The quantitative estimate of drug-likeness (QED) is 0.568. The number of rotatable bonds is 2. The van der Waals surface area contributed by atoms with Crippen LogP contribution in [-0.4, -0.2) is 16.2 Å². The zero-order valence-corrected chi connectivity index (χ0v) is 10.6. The summed E-state index contributed by atoms with van der Waals surface area (Å²) in [5.41, 5.74) is 16.8. The maximum atomic E-state index is 11.9. The SMILES string of the molecule is NC=CC=Nc1ccc(N)cn1.Nc1ccc(F)nc1. The molecular weight excluding hydrogens is 259 g/mol. The monoisotopic (exact) mass is 274 g/mol. The third-order valence-corrected chi connectivity index (χ3v) is 1.92. The van der Waals surface area contributed by atoms with Crippen LogP contribution in [0.15, 0.2) is 53.9 Å². The van der Waals surface area contributed by atoms with E-state index in [9.17, 15) is 4.39 Å². The highest BCUT2D eigenvalue weighted by Crippen LogP contribution is 2.08. The predicted molar refractivity (Wildman–Crippen MR) is 78.7 cm³/mol. The van der Waals surface area contributed by atoms with Crippen LogP contribution in [0.1, 0.15) is 0 Å². The van der Waals surface area contributed by atoms with Gasteiger partial charge in [-0.25, -0.2) is 15.0 Å². The fourth-order valence-corrected chi connectivity index (χ4v) is 1.03. The molecule has 0 saturated carbocycles. The number of hydrogen-bond acceptors (Lipinski definition) is 6. The van der Waals surface area contributed by atoms with Gasteiger partial charge in [0.25, 0.3) is 0 Å². The van der Waals surface area contributed by atoms with Crippen LogP contribution in [0.3, 0.4) is 0 Å². The summed E-state index contributed by atoms with van der Waals surface area (Å²) in [7, 11) is 0. The summed E-state index contributed by atoms with van der Waals surface area (Å²) in [5, 5.41) is 0. The summed E-state index contributed by atoms with van der Waals surface area (Å²) in [6.07, 6.45) is 7.42. The lowest BCUT2D eigenvalue weighted by molar-refractivity contribution is 0.584. The van der Waals surface area contributed by atoms with Gasteiger partial charge < -0.3 is 17.2 Å². The Kier molecular flexibility index (Phi) is 6.19. The second-order valence-corrected chi connectivity index (χ2v) is 3.53. The lowest BCUT2D eigenvalue weighted by Gasteiger charge is -1.91. The molecular formula is C13H15FN6. The molecule has 0 radical (unpaired) electrons. The first-order valence-electron chi connectivity index (χ1n) is 5.61. The average Bonchev–Trinajstić information content (AvgIpc) is 2.45. The molecule has 0 unspecified atom stereocenters. The normalized spacial score (nSPS) is 10.4. The van der Waals surface area contributed by atoms with Gasteiger partial charge in [-0.05, 0) is 36.5 Å². The number of hydrogen-bond donors (Lipinski definition) is 3. The topological polar surface area (TPSA) is 116 Å². The Morgan fingerprint density at radius 2 is 1.65 bits per heavy atom. The number of nitrogen functional groups attached to an aromatic ring is 2. The molecule has 2 rings (SSSR count). The largest absolute Gasteiger partial charge is 0.405 e. The van der Waals surface area contributed by atoms with Gasteiger partial charge in [-0.15, -0.1) is 0 Å². The number of aliphatic imine (C=N–C) groups is 1. The van der Waals surface area contributed by atoms with E-state index < -0.39 is 5.95 Å². The standard InChI is InChI=1S/C8H10N4.C5H5FN2/c9-4-1-5-11-8-3-2-7(10)6-12-8;6-5-2-1-4(7)3-8-5/h1-6H,9-10H2;1-3H,7H2. The molecule has 0 amide bonds. The van der Waals surface area contributed by atoms with E-state index in [2.05, 4.69) is 15.0 Å². The zero-order chi connectivity index (χ0) is 14.8. The highest BCUT2D eigenvalue weighted by molar-refractivity contribution is 5.73. The van der Waals surface area contributed by atoms with Gasteiger partial charge in [0.1, 0.15) is 0 Å². The lowest BCUT2D eigenvalue weighted by atomic mass is 10.4. The zero-order valence-electron chi connectivity index (χ0n) is 10.6. The van der Waals surface area contributed by atoms with Crippen LogP contribution in [0.5, 0.6) is 0 Å². The molecule has 2 aromatic rings. The van der Waals surface area contributed by atoms with Crippen molar-refractivity contribution < 1.29 is 4.39 Å². The number of allylic oxidation sites excluding steroid dienone is 1. The van der Waals surface area contributed by atoms with Crippen molar-refractivity contribution >= 4 is 23.4 Å². The van der Waals surface area contributed by atoms with E-state index in [1.807, 2.05) is 0 Å². The summed E-state index contributed by atoms with van der Waals surface area (Å²) in [4.78, 5) is 11.2. The molecule has 6 nitrogen and oxygen atoms in total. The van der Waals surface area contributed by atoms with Crippen molar-refractivity contribution in [1.29, 1.82) is 0 Å². The lowest BCUT2D eigenvalue weighted by Crippen LogP contribution is -1.86. The third-order valence-electron chi connectivity index (χ3n) is 1.92. The first-order valence-corrected chi connectivity index (χ1v) is 5.61. The third kappa shape index (κ3) is 6.10. The number of halogens is 1. The van der Waals surface area contributed by atoms with Crippen LogP contribution >= 0.6 is 0 Å². The van der Waals surface area contributed by atoms with E-state index in [4.69, 9.17) is 17.2 Å². The Balaban J connectivity index is 0.000000217. The Morgan fingerprint density at radius 3 is 2.10 bits per heavy atom. The molecule has 20 heavy (non-hydrogen) atoms. The van der Waals surface area contributed by atoms with Gasteiger partial charge in [0.2, 0.25) is 5.95 Å². The van der Waals surface area contributed by atoms with E-state index in [0.717, 1.165) is 0 Å². The highest BCUT2D eigenvalue weighted by atomic mass is 19.1. The van der Waals surface area contributed by atoms with Gasteiger partial charge in [-0.3, -0.25) is 0 Å². The molecule has 0 fully saturated rings. The van der Waals surface area contributed by atoms with Crippen molar-refractivity contribution in [2.75, 3.05) is 11.5 Å². The van der Waals surface area contributed by atoms with Gasteiger partial charge in [0.05, 0.1) is 23.8 Å². The first-order chi connectivity index (χ1) is 9.61. The molecule has 0 aromatic carbocycles. The Labute approximate surface area is 115 Å². The summed E-state index contributed by atoms with van der Waals surface area (Å²) in [5.74, 6) is 0.113. The van der Waals surface area contributed by atoms with E-state index in [1.54, 1.807) is 30.6 Å². The molecule has 0 aliphatic heterocycles. The molecule has 0 saturated heterocycles. The van der Waals surface area contributed by atoms with Crippen molar-refractivity contribution in [3.8, 4) is 0 Å². The molecule has 104 valence electrons. The Bertz CT molecular complexity index is 541. The van der Waals surface area contributed by atoms with E-state index >= 15 is 0 Å². The second-order valence-electron chi connectivity index (χ2n) is 3.53. The molecule has 2 heterocycles. The summed E-state index contributed by atoms with van der Waals surface area (Å²) >= 11 is 0. The van der Waals surface area contributed by atoms with Crippen molar-refractivity contribution in [1.82, 2.24) is 9.97 Å². The van der Waals surface area contributed by atoms with E-state index in [-0.39, 0.29) is 0 Å². The molecule has 2 aromatic heterocycles. The van der Waals surface area contributed by atoms with Crippen LogP contribution in [0, 0.1) is 5.95 Å². The average molecular weight is 274 g/mol. The van der Waals surface area contributed by atoms with Gasteiger partial charge in [0, 0.05) is 6.21 Å². The minimum absolute atomic E-state index is 0.478. The number of anilines is 2. The second kappa shape index (κ2) is 8.20. The molecule has 6 N–H and O–H groups in total. The molecule has 0 aliphatic carbocycles. The number of aromatic nitrogens is 2. The van der Waals surface area contributed by atoms with Crippen molar-refractivity contribution in [3.63, 3.8) is 0 Å². The van der Waals surface area contributed by atoms with Crippen molar-refractivity contribution in [3.05, 3.63) is 54.9 Å². The number of nitrogens with zero attached hydrogens (tertiary/aromatic N) is 3. The van der Waals surface area contributed by atoms with Crippen LogP contribution in [-0.2, 0) is 0 Å². The van der Waals surface area contributed by atoms with Crippen LogP contribution in [0.2, 0.25) is 0 Å². The van der Waals surface area contributed by atoms with Crippen LogP contribution in [0.4, 0.5) is 21.6 Å². The van der Waals surface area contributed by atoms with Crippen LogP contribution in [0.25, 0.3) is 0 Å². The van der Waals surface area contributed by atoms with Gasteiger partial charge in [0.15, 0.2) is 5.82 Å². The summed E-state index contributed by atoms with van der Waals surface area (Å²) in [6.45, 7) is 0. The summed E-state index contributed by atoms with van der Waals surface area (Å²) in [6, 6.07) is 6.15. The van der Waals surface area contributed by atoms with Gasteiger partial charge in [-0.2, -0.15) is 4.39 Å². The predicted octanol–water partition coefficient (Wildman–Crippen LogP) is 1.64. The van der Waals surface area contributed by atoms with Gasteiger partial charge in [-0.1, -0.05) is 0 Å². The first kappa shape index (κ1) is 15.1. The van der Waals surface area contributed by atoms with Crippen molar-refractivity contribution in [2.24, 2.45) is 10.7 Å². The minimum atomic E-state index is -0.501. The maximum Gasteiger partial charge on any atom is 0.212 e. The summed E-state index contributed by atoms with van der Waals surface area (Å²) < 4.78 is 11.9. The molecule has 0 bridgehead atoms. The minimum Gasteiger partial charge on any atom is -0.405 e. The number of pyridine rings is 2. The van der Waals surface area contributed by atoms with Crippen molar-refractivity contribution in [2.45, 2.75) is 0 Å². The van der Waals surface area contributed by atoms with E-state index in [1.165, 1.54) is 24.5 Å². The van der Waals surface area contributed by atoms with E-state index in [0.29, 0.717) is 17.2 Å². The molecule has 0 atom stereocenters. The Morgan fingerprint density at radius 1 is 1.00 bits per heavy atom. The molecule has 7 heteroatoms. The molecule has 0 aliphatic rings. The highest BCUT2D eigenvalue weighted by Gasteiger charge is 1.87. The fourth-order valence-electron chi connectivity index (χ4n) is 1.03. The number of nitrogens with two attached hydrogens (primary N) is 3. The smallest absolute Gasteiger partial charge is 0.212 e. The van der Waals surface area contributed by atoms with Gasteiger partial charge >= 0.3 is 0 Å². The molecule has 0 spiro atoms. The fraction of sp³-hybridized carbons (Fsp3) is 0. The maximum absolute atomic E-state index is 11.9.